The Balaban J connectivity index is 1.44. The van der Waals surface area contributed by atoms with E-state index in [1.54, 1.807) is 12.1 Å². The Morgan fingerprint density at radius 2 is 1.67 bits per heavy atom. The van der Waals surface area contributed by atoms with Crippen LogP contribution in [-0.2, 0) is 0 Å². The Morgan fingerprint density at radius 3 is 2.41 bits per heavy atom. The first kappa shape index (κ1) is 16.8. The molecule has 7 nitrogen and oxygen atoms in total. The molecule has 1 amide bonds. The van der Waals surface area contributed by atoms with Crippen LogP contribution in [0.15, 0.2) is 48.5 Å². The largest absolute Gasteiger partial charge is 0.454 e. The van der Waals surface area contributed by atoms with E-state index in [-0.39, 0.29) is 18.4 Å². The van der Waals surface area contributed by atoms with Crippen LogP contribution in [-0.4, -0.2) is 22.9 Å². The number of nitrogens with one attached hydrogen (secondary N) is 2. The summed E-state index contributed by atoms with van der Waals surface area (Å²) in [5.74, 6) is 1.61. The van der Waals surface area contributed by atoms with Crippen molar-refractivity contribution in [1.82, 2.24) is 10.2 Å². The molecule has 1 aromatic heterocycles. The third kappa shape index (κ3) is 3.82. The molecule has 0 atom stereocenters. The van der Waals surface area contributed by atoms with E-state index in [0.29, 0.717) is 17.3 Å². The molecule has 27 heavy (non-hydrogen) atoms. The fourth-order valence-corrected chi connectivity index (χ4v) is 2.88. The number of hydrogen-bond acceptors (Lipinski definition) is 6. The third-order valence-electron chi connectivity index (χ3n) is 4.02. The van der Waals surface area contributed by atoms with E-state index < -0.39 is 0 Å². The topological polar surface area (TPSA) is 85.4 Å². The Morgan fingerprint density at radius 1 is 0.889 bits per heavy atom. The van der Waals surface area contributed by atoms with Crippen molar-refractivity contribution >= 4 is 23.1 Å². The Bertz CT molecular complexity index is 982. The molecule has 0 saturated heterocycles. The molecule has 1 aliphatic rings. The van der Waals surface area contributed by atoms with Crippen LogP contribution in [0.2, 0.25) is 0 Å². The van der Waals surface area contributed by atoms with E-state index in [9.17, 15) is 4.79 Å². The summed E-state index contributed by atoms with van der Waals surface area (Å²) in [5.41, 5.74) is 3.94. The van der Waals surface area contributed by atoms with Crippen molar-refractivity contribution in [3.8, 4) is 11.5 Å². The zero-order valence-corrected chi connectivity index (χ0v) is 14.9. The molecule has 4 rings (SSSR count). The number of hydrogen-bond donors (Lipinski definition) is 2. The van der Waals surface area contributed by atoms with Gasteiger partial charge in [-0.1, -0.05) is 6.07 Å². The Labute approximate surface area is 156 Å². The zero-order valence-electron chi connectivity index (χ0n) is 14.9. The lowest BCUT2D eigenvalue weighted by Gasteiger charge is -2.08. The number of anilines is 3. The fourth-order valence-electron chi connectivity index (χ4n) is 2.88. The summed E-state index contributed by atoms with van der Waals surface area (Å²) in [4.78, 5) is 12.4. The predicted octanol–water partition coefficient (Wildman–Crippen LogP) is 3.82. The van der Waals surface area contributed by atoms with Gasteiger partial charge >= 0.3 is 0 Å². The summed E-state index contributed by atoms with van der Waals surface area (Å²) >= 11 is 0. The van der Waals surface area contributed by atoms with E-state index in [0.717, 1.165) is 22.5 Å². The van der Waals surface area contributed by atoms with Crippen LogP contribution in [0.25, 0.3) is 0 Å². The van der Waals surface area contributed by atoms with Gasteiger partial charge in [0.25, 0.3) is 5.91 Å². The second kappa shape index (κ2) is 6.95. The lowest BCUT2D eigenvalue weighted by atomic mass is 10.1. The minimum absolute atomic E-state index is 0.225. The van der Waals surface area contributed by atoms with Crippen LogP contribution in [0.1, 0.15) is 21.6 Å². The Hall–Kier alpha value is -3.61. The van der Waals surface area contributed by atoms with Gasteiger partial charge in [0.15, 0.2) is 23.0 Å². The van der Waals surface area contributed by atoms with Crippen LogP contribution in [0.5, 0.6) is 11.5 Å². The SMILES string of the molecule is Cc1cc(C)cc(NC(=O)c2ccc(Nc3ccc4c(c3)OCO4)nn2)c1. The van der Waals surface area contributed by atoms with E-state index in [1.807, 2.05) is 50.2 Å². The molecule has 0 fully saturated rings. The Kier molecular flexibility index (Phi) is 4.33. The van der Waals surface area contributed by atoms with Gasteiger partial charge in [-0.05, 0) is 61.4 Å². The van der Waals surface area contributed by atoms with Crippen molar-refractivity contribution in [3.05, 3.63) is 65.4 Å². The highest BCUT2D eigenvalue weighted by atomic mass is 16.7. The van der Waals surface area contributed by atoms with Gasteiger partial charge in [0.1, 0.15) is 0 Å². The molecule has 7 heteroatoms. The highest BCUT2D eigenvalue weighted by molar-refractivity contribution is 6.02. The highest BCUT2D eigenvalue weighted by Crippen LogP contribution is 2.34. The molecule has 0 spiro atoms. The number of aryl methyl sites for hydroxylation is 2. The van der Waals surface area contributed by atoms with Gasteiger partial charge in [-0.3, -0.25) is 4.79 Å². The first-order chi connectivity index (χ1) is 13.1. The first-order valence-corrected chi connectivity index (χ1v) is 8.47. The molecule has 0 unspecified atom stereocenters. The summed E-state index contributed by atoms with van der Waals surface area (Å²) in [6.45, 7) is 4.20. The molecule has 136 valence electrons. The van der Waals surface area contributed by atoms with Gasteiger partial charge in [0, 0.05) is 17.4 Å². The molecule has 0 radical (unpaired) electrons. The maximum Gasteiger partial charge on any atom is 0.276 e. The maximum absolute atomic E-state index is 12.4. The fraction of sp³-hybridized carbons (Fsp3) is 0.150. The number of carbonyl (C=O) groups excluding carboxylic acids is 1. The van der Waals surface area contributed by atoms with Gasteiger partial charge < -0.3 is 20.1 Å². The standard InChI is InChI=1S/C20H18N4O3/c1-12-7-13(2)9-15(8-12)22-20(25)16-4-6-19(24-23-16)21-14-3-5-17-18(10-14)27-11-26-17/h3-10H,11H2,1-2H3,(H,21,24)(H,22,25). The zero-order chi connectivity index (χ0) is 18.8. The van der Waals surface area contributed by atoms with Crippen LogP contribution in [0.3, 0.4) is 0 Å². The van der Waals surface area contributed by atoms with Crippen molar-refractivity contribution in [2.24, 2.45) is 0 Å². The summed E-state index contributed by atoms with van der Waals surface area (Å²) in [6.07, 6.45) is 0. The molecule has 2 heterocycles. The summed E-state index contributed by atoms with van der Waals surface area (Å²) in [7, 11) is 0. The second-order valence-electron chi connectivity index (χ2n) is 6.33. The molecule has 0 aliphatic carbocycles. The number of rotatable bonds is 4. The normalized spacial score (nSPS) is 11.9. The average Bonchev–Trinajstić information content (AvgIpc) is 3.09. The van der Waals surface area contributed by atoms with Crippen LogP contribution in [0.4, 0.5) is 17.2 Å². The molecule has 0 saturated carbocycles. The summed E-state index contributed by atoms with van der Waals surface area (Å²) in [6, 6.07) is 14.7. The quantitative estimate of drug-likeness (QED) is 0.734. The highest BCUT2D eigenvalue weighted by Gasteiger charge is 2.14. The molecule has 0 bridgehead atoms. The first-order valence-electron chi connectivity index (χ1n) is 8.47. The van der Waals surface area contributed by atoms with Crippen molar-refractivity contribution in [2.45, 2.75) is 13.8 Å². The van der Waals surface area contributed by atoms with Gasteiger partial charge in [-0.15, -0.1) is 10.2 Å². The molecule has 2 N–H and O–H groups in total. The third-order valence-corrected chi connectivity index (χ3v) is 4.02. The second-order valence-corrected chi connectivity index (χ2v) is 6.33. The van der Waals surface area contributed by atoms with Gasteiger partial charge in [-0.2, -0.15) is 0 Å². The van der Waals surface area contributed by atoms with E-state index in [4.69, 9.17) is 9.47 Å². The number of aromatic nitrogens is 2. The van der Waals surface area contributed by atoms with Crippen LogP contribution < -0.4 is 20.1 Å². The molecule has 1 aliphatic heterocycles. The molecule has 3 aromatic rings. The number of nitrogens with zero attached hydrogens (tertiary/aromatic N) is 2. The van der Waals surface area contributed by atoms with E-state index >= 15 is 0 Å². The molecular formula is C20H18N4O3. The van der Waals surface area contributed by atoms with Crippen molar-refractivity contribution in [1.29, 1.82) is 0 Å². The number of ether oxygens (including phenoxy) is 2. The van der Waals surface area contributed by atoms with Gasteiger partial charge in [-0.25, -0.2) is 0 Å². The maximum atomic E-state index is 12.4. The lowest BCUT2D eigenvalue weighted by Crippen LogP contribution is -2.14. The predicted molar refractivity (Wildman–Crippen MR) is 102 cm³/mol. The van der Waals surface area contributed by atoms with E-state index in [2.05, 4.69) is 20.8 Å². The van der Waals surface area contributed by atoms with Gasteiger partial charge in [0.05, 0.1) is 0 Å². The minimum Gasteiger partial charge on any atom is -0.454 e. The average molecular weight is 362 g/mol. The summed E-state index contributed by atoms with van der Waals surface area (Å²) < 4.78 is 10.6. The van der Waals surface area contributed by atoms with Crippen molar-refractivity contribution < 1.29 is 14.3 Å². The number of fused-ring (bicyclic) bond motifs is 1. The monoisotopic (exact) mass is 362 g/mol. The molecular weight excluding hydrogens is 344 g/mol. The lowest BCUT2D eigenvalue weighted by molar-refractivity contribution is 0.102. The van der Waals surface area contributed by atoms with Crippen LogP contribution >= 0.6 is 0 Å². The number of amides is 1. The van der Waals surface area contributed by atoms with Crippen molar-refractivity contribution in [3.63, 3.8) is 0 Å². The molecule has 2 aromatic carbocycles. The smallest absolute Gasteiger partial charge is 0.276 e. The van der Waals surface area contributed by atoms with E-state index in [1.165, 1.54) is 0 Å². The summed E-state index contributed by atoms with van der Waals surface area (Å²) in [5, 5.41) is 14.0. The number of carbonyl (C=O) groups is 1. The van der Waals surface area contributed by atoms with Gasteiger partial charge in [0.2, 0.25) is 6.79 Å². The van der Waals surface area contributed by atoms with Crippen LogP contribution in [0, 0.1) is 13.8 Å². The number of benzene rings is 2. The van der Waals surface area contributed by atoms with Crippen molar-refractivity contribution in [2.75, 3.05) is 17.4 Å². The minimum atomic E-state index is -0.304.